The second-order valence-corrected chi connectivity index (χ2v) is 2.92. The second kappa shape index (κ2) is 3.09. The predicted octanol–water partition coefficient (Wildman–Crippen LogP) is 2.59. The van der Waals surface area contributed by atoms with Crippen LogP contribution in [0.5, 0.6) is 5.75 Å². The number of rotatable bonds is 2. The van der Waals surface area contributed by atoms with Crippen LogP contribution in [0.4, 0.5) is 8.78 Å². The van der Waals surface area contributed by atoms with Gasteiger partial charge in [-0.3, -0.25) is 0 Å². The predicted molar refractivity (Wildman–Crippen MR) is 42.4 cm³/mol. The first-order chi connectivity index (χ1) is 5.47. The van der Waals surface area contributed by atoms with Gasteiger partial charge < -0.3 is 5.11 Å². The zero-order valence-corrected chi connectivity index (χ0v) is 6.72. The molecule has 0 radical (unpaired) electrons. The van der Waals surface area contributed by atoms with Crippen molar-refractivity contribution in [3.05, 3.63) is 29.8 Å². The Labute approximate surface area is 69.7 Å². The lowest BCUT2D eigenvalue weighted by atomic mass is 10.1. The lowest BCUT2D eigenvalue weighted by Crippen LogP contribution is -2.13. The summed E-state index contributed by atoms with van der Waals surface area (Å²) in [6, 6.07) is 5.92. The first-order valence-electron chi connectivity index (χ1n) is 3.63. The molecule has 1 aromatic rings. The fourth-order valence-corrected chi connectivity index (χ4v) is 1.02. The van der Waals surface area contributed by atoms with E-state index in [9.17, 15) is 8.78 Å². The highest BCUT2D eigenvalue weighted by Gasteiger charge is 2.21. The largest absolute Gasteiger partial charge is 0.508 e. The van der Waals surface area contributed by atoms with E-state index in [0.717, 1.165) is 6.92 Å². The third kappa shape index (κ3) is 2.86. The Hall–Kier alpha value is -1.12. The maximum absolute atomic E-state index is 12.5. The number of alkyl halides is 2. The van der Waals surface area contributed by atoms with Gasteiger partial charge in [-0.15, -0.1) is 0 Å². The molecule has 0 aromatic heterocycles. The van der Waals surface area contributed by atoms with Gasteiger partial charge in [0.2, 0.25) is 5.92 Å². The maximum atomic E-state index is 12.5. The molecule has 0 aliphatic carbocycles. The molecule has 0 aliphatic rings. The van der Waals surface area contributed by atoms with Gasteiger partial charge in [0, 0.05) is 6.42 Å². The fourth-order valence-electron chi connectivity index (χ4n) is 1.02. The normalized spacial score (nSPS) is 11.6. The molecule has 0 spiro atoms. The first kappa shape index (κ1) is 8.97. The van der Waals surface area contributed by atoms with Gasteiger partial charge in [-0.2, -0.15) is 0 Å². The van der Waals surface area contributed by atoms with E-state index >= 15 is 0 Å². The minimum Gasteiger partial charge on any atom is -0.508 e. The molecular formula is C9H10F2O. The van der Waals surface area contributed by atoms with E-state index in [-0.39, 0.29) is 12.2 Å². The van der Waals surface area contributed by atoms with E-state index in [4.69, 9.17) is 5.11 Å². The van der Waals surface area contributed by atoms with Crippen LogP contribution in [0.2, 0.25) is 0 Å². The minimum atomic E-state index is -2.71. The molecule has 0 amide bonds. The molecule has 0 atom stereocenters. The van der Waals surface area contributed by atoms with Crippen LogP contribution in [0.1, 0.15) is 12.5 Å². The molecule has 0 unspecified atom stereocenters. The van der Waals surface area contributed by atoms with Gasteiger partial charge in [0.05, 0.1) is 0 Å². The Morgan fingerprint density at radius 1 is 1.42 bits per heavy atom. The Morgan fingerprint density at radius 2 is 2.08 bits per heavy atom. The highest BCUT2D eigenvalue weighted by atomic mass is 19.3. The summed E-state index contributed by atoms with van der Waals surface area (Å²) in [7, 11) is 0. The van der Waals surface area contributed by atoms with Crippen LogP contribution in [0, 0.1) is 0 Å². The standard InChI is InChI=1S/C9H10F2O/c1-9(10,11)6-7-3-2-4-8(12)5-7/h2-5,12H,6H2,1H3. The topological polar surface area (TPSA) is 20.2 Å². The molecule has 12 heavy (non-hydrogen) atoms. The second-order valence-electron chi connectivity index (χ2n) is 2.92. The van der Waals surface area contributed by atoms with E-state index < -0.39 is 5.92 Å². The molecule has 0 bridgehead atoms. The van der Waals surface area contributed by atoms with E-state index in [1.807, 2.05) is 0 Å². The molecule has 0 saturated heterocycles. The van der Waals surface area contributed by atoms with Crippen LogP contribution < -0.4 is 0 Å². The summed E-state index contributed by atoms with van der Waals surface area (Å²) in [5, 5.41) is 8.96. The summed E-state index contributed by atoms with van der Waals surface area (Å²) < 4.78 is 24.9. The van der Waals surface area contributed by atoms with Crippen molar-refractivity contribution in [2.45, 2.75) is 19.3 Å². The van der Waals surface area contributed by atoms with Gasteiger partial charge >= 0.3 is 0 Å². The summed E-state index contributed by atoms with van der Waals surface area (Å²) in [6.45, 7) is 0.858. The monoisotopic (exact) mass is 172 g/mol. The Kier molecular flexibility index (Phi) is 2.31. The SMILES string of the molecule is CC(F)(F)Cc1cccc(O)c1. The van der Waals surface area contributed by atoms with E-state index in [0.29, 0.717) is 5.56 Å². The Bertz CT molecular complexity index is 265. The molecule has 0 fully saturated rings. The van der Waals surface area contributed by atoms with Crippen molar-refractivity contribution < 1.29 is 13.9 Å². The van der Waals surface area contributed by atoms with Crippen LogP contribution >= 0.6 is 0 Å². The summed E-state index contributed by atoms with van der Waals surface area (Å²) in [4.78, 5) is 0. The van der Waals surface area contributed by atoms with Gasteiger partial charge in [-0.25, -0.2) is 8.78 Å². The van der Waals surface area contributed by atoms with Crippen molar-refractivity contribution in [3.63, 3.8) is 0 Å². The van der Waals surface area contributed by atoms with Crippen molar-refractivity contribution in [2.24, 2.45) is 0 Å². The van der Waals surface area contributed by atoms with Crippen molar-refractivity contribution in [3.8, 4) is 5.75 Å². The van der Waals surface area contributed by atoms with Crippen LogP contribution in [-0.2, 0) is 6.42 Å². The molecular weight excluding hydrogens is 162 g/mol. The average Bonchev–Trinajstić information content (AvgIpc) is 1.82. The maximum Gasteiger partial charge on any atom is 0.249 e. The van der Waals surface area contributed by atoms with Crippen molar-refractivity contribution in [1.29, 1.82) is 0 Å². The number of hydrogen-bond donors (Lipinski definition) is 1. The average molecular weight is 172 g/mol. The van der Waals surface area contributed by atoms with Gasteiger partial charge in [-0.05, 0) is 24.6 Å². The van der Waals surface area contributed by atoms with Gasteiger partial charge in [0.1, 0.15) is 5.75 Å². The lowest BCUT2D eigenvalue weighted by Gasteiger charge is -2.09. The van der Waals surface area contributed by atoms with Gasteiger partial charge in [-0.1, -0.05) is 12.1 Å². The number of phenolic OH excluding ortho intramolecular Hbond substituents is 1. The van der Waals surface area contributed by atoms with Crippen LogP contribution in [-0.4, -0.2) is 11.0 Å². The third-order valence-electron chi connectivity index (χ3n) is 1.43. The van der Waals surface area contributed by atoms with Crippen LogP contribution in [0.25, 0.3) is 0 Å². The highest BCUT2D eigenvalue weighted by molar-refractivity contribution is 5.27. The smallest absolute Gasteiger partial charge is 0.249 e. The number of hydrogen-bond acceptors (Lipinski definition) is 1. The molecule has 0 saturated carbocycles. The fraction of sp³-hybridized carbons (Fsp3) is 0.333. The van der Waals surface area contributed by atoms with E-state index in [1.54, 1.807) is 12.1 Å². The van der Waals surface area contributed by atoms with Crippen LogP contribution in [0.15, 0.2) is 24.3 Å². The summed E-state index contributed by atoms with van der Waals surface area (Å²) in [5.41, 5.74) is 0.447. The molecule has 1 aromatic carbocycles. The lowest BCUT2D eigenvalue weighted by molar-refractivity contribution is 0.0226. The number of phenols is 1. The number of halogens is 2. The minimum absolute atomic E-state index is 0.0248. The van der Waals surface area contributed by atoms with Crippen molar-refractivity contribution >= 4 is 0 Å². The number of aromatic hydroxyl groups is 1. The molecule has 1 nitrogen and oxygen atoms in total. The quantitative estimate of drug-likeness (QED) is 0.726. The summed E-state index contributed by atoms with van der Waals surface area (Å²) >= 11 is 0. The zero-order chi connectivity index (χ0) is 9.19. The molecule has 1 rings (SSSR count). The Morgan fingerprint density at radius 3 is 2.58 bits per heavy atom. The molecule has 0 heterocycles. The number of benzene rings is 1. The molecule has 1 N–H and O–H groups in total. The Balaban J connectivity index is 2.77. The van der Waals surface area contributed by atoms with Crippen LogP contribution in [0.3, 0.4) is 0 Å². The summed E-state index contributed by atoms with van der Waals surface area (Å²) in [5.74, 6) is -2.69. The molecule has 3 heteroatoms. The molecule has 0 aliphatic heterocycles. The molecule has 66 valence electrons. The first-order valence-corrected chi connectivity index (χ1v) is 3.63. The van der Waals surface area contributed by atoms with Crippen molar-refractivity contribution in [2.75, 3.05) is 0 Å². The zero-order valence-electron chi connectivity index (χ0n) is 6.72. The third-order valence-corrected chi connectivity index (χ3v) is 1.43. The highest BCUT2D eigenvalue weighted by Crippen LogP contribution is 2.20. The van der Waals surface area contributed by atoms with Gasteiger partial charge in [0.25, 0.3) is 0 Å². The summed E-state index contributed by atoms with van der Waals surface area (Å²) in [6.07, 6.45) is -0.332. The van der Waals surface area contributed by atoms with Crippen molar-refractivity contribution in [1.82, 2.24) is 0 Å². The van der Waals surface area contributed by atoms with E-state index in [1.165, 1.54) is 12.1 Å². The van der Waals surface area contributed by atoms with Gasteiger partial charge in [0.15, 0.2) is 0 Å². The van der Waals surface area contributed by atoms with E-state index in [2.05, 4.69) is 0 Å².